The number of nitrogens with zero attached hydrogens (tertiary/aromatic N) is 4. The second kappa shape index (κ2) is 12.1. The van der Waals surface area contributed by atoms with Crippen LogP contribution >= 0.6 is 35.1 Å². The third kappa shape index (κ3) is 6.03. The molecule has 0 radical (unpaired) electrons. The molecule has 1 aromatic heterocycles. The van der Waals surface area contributed by atoms with Crippen LogP contribution in [0.2, 0.25) is 0 Å². The van der Waals surface area contributed by atoms with Crippen molar-refractivity contribution in [1.29, 1.82) is 0 Å². The lowest BCUT2D eigenvalue weighted by atomic mass is 10.0. The van der Waals surface area contributed by atoms with Gasteiger partial charge in [-0.3, -0.25) is 14.5 Å². The fourth-order valence-corrected chi connectivity index (χ4v) is 6.21. The summed E-state index contributed by atoms with van der Waals surface area (Å²) >= 11 is 3.71. The highest BCUT2D eigenvalue weighted by atomic mass is 32.2. The molecule has 4 N–H and O–H groups in total. The first-order valence-electron chi connectivity index (χ1n) is 10.8. The molecular formula is C23H22N6O5S3. The number of carboxylic acids is 1. The van der Waals surface area contributed by atoms with Crippen LogP contribution in [0.4, 0.5) is 5.13 Å². The smallest absolute Gasteiger partial charge is 0.352 e. The van der Waals surface area contributed by atoms with Crippen LogP contribution in [-0.4, -0.2) is 72.4 Å². The van der Waals surface area contributed by atoms with Crippen LogP contribution in [0.1, 0.15) is 11.4 Å². The van der Waals surface area contributed by atoms with Crippen LogP contribution in [0.25, 0.3) is 6.08 Å². The van der Waals surface area contributed by atoms with E-state index in [0.29, 0.717) is 17.1 Å². The number of nitrogens with one attached hydrogen (secondary N) is 1. The first-order valence-corrected chi connectivity index (χ1v) is 13.7. The number of carbonyl (C=O) groups excluding carboxylic acids is 2. The number of aromatic nitrogens is 2. The molecule has 1 saturated heterocycles. The zero-order valence-corrected chi connectivity index (χ0v) is 21.7. The van der Waals surface area contributed by atoms with Crippen molar-refractivity contribution < 1.29 is 24.3 Å². The third-order valence-corrected chi connectivity index (χ3v) is 7.89. The van der Waals surface area contributed by atoms with Crippen molar-refractivity contribution in [1.82, 2.24) is 19.6 Å². The Kier molecular flexibility index (Phi) is 8.63. The number of fused-ring (bicyclic) bond motifs is 1. The molecular weight excluding hydrogens is 536 g/mol. The van der Waals surface area contributed by atoms with E-state index in [1.165, 1.54) is 34.5 Å². The highest BCUT2D eigenvalue weighted by Crippen LogP contribution is 2.41. The van der Waals surface area contributed by atoms with E-state index in [4.69, 9.17) is 10.6 Å². The molecule has 3 heterocycles. The van der Waals surface area contributed by atoms with Crippen molar-refractivity contribution in [2.24, 2.45) is 5.16 Å². The maximum absolute atomic E-state index is 13.0. The van der Waals surface area contributed by atoms with Gasteiger partial charge in [0, 0.05) is 23.0 Å². The topological polar surface area (TPSA) is 160 Å². The van der Waals surface area contributed by atoms with Gasteiger partial charge in [0.2, 0.25) is 11.5 Å². The van der Waals surface area contributed by atoms with Crippen molar-refractivity contribution in [2.45, 2.75) is 11.4 Å². The minimum absolute atomic E-state index is 0.0408. The Labute approximate surface area is 224 Å². The molecule has 192 valence electrons. The van der Waals surface area contributed by atoms with E-state index in [0.717, 1.165) is 17.1 Å². The fourth-order valence-electron chi connectivity index (χ4n) is 3.51. The van der Waals surface area contributed by atoms with E-state index in [2.05, 4.69) is 26.4 Å². The van der Waals surface area contributed by atoms with Gasteiger partial charge in [-0.25, -0.2) is 4.79 Å². The van der Waals surface area contributed by atoms with E-state index in [1.54, 1.807) is 0 Å². The molecule has 1 unspecified atom stereocenters. The molecule has 11 nitrogen and oxygen atoms in total. The monoisotopic (exact) mass is 558 g/mol. The summed E-state index contributed by atoms with van der Waals surface area (Å²) in [5.41, 5.74) is 6.99. The van der Waals surface area contributed by atoms with Crippen LogP contribution in [0.3, 0.4) is 0 Å². The zero-order chi connectivity index (χ0) is 26.4. The van der Waals surface area contributed by atoms with Gasteiger partial charge < -0.3 is 21.0 Å². The number of nitrogen functional groups attached to an aromatic ring is 1. The van der Waals surface area contributed by atoms with Gasteiger partial charge in [-0.15, -0.1) is 23.5 Å². The molecule has 0 bridgehead atoms. The van der Waals surface area contributed by atoms with Gasteiger partial charge in [-0.05, 0) is 22.6 Å². The lowest BCUT2D eigenvalue weighted by molar-refractivity contribution is -0.150. The molecule has 1 aromatic carbocycles. The number of hydrogen-bond acceptors (Lipinski definition) is 11. The lowest BCUT2D eigenvalue weighted by Gasteiger charge is -2.49. The quantitative estimate of drug-likeness (QED) is 0.123. The third-order valence-electron chi connectivity index (χ3n) is 5.17. The molecule has 0 saturated carbocycles. The van der Waals surface area contributed by atoms with Gasteiger partial charge in [0.25, 0.3) is 11.8 Å². The summed E-state index contributed by atoms with van der Waals surface area (Å²) in [6.45, 7) is 3.56. The number of nitrogens with two attached hydrogens (primary N) is 1. The van der Waals surface area contributed by atoms with E-state index in [-0.39, 0.29) is 29.0 Å². The van der Waals surface area contributed by atoms with Crippen LogP contribution in [0.15, 0.2) is 64.8 Å². The van der Waals surface area contributed by atoms with Crippen LogP contribution in [0.5, 0.6) is 0 Å². The van der Waals surface area contributed by atoms with E-state index < -0.39 is 29.2 Å². The van der Waals surface area contributed by atoms with Crippen LogP contribution < -0.4 is 11.1 Å². The molecule has 2 amide bonds. The molecule has 2 aliphatic heterocycles. The van der Waals surface area contributed by atoms with Crippen molar-refractivity contribution in [3.05, 3.63) is 71.1 Å². The Balaban J connectivity index is 1.45. The van der Waals surface area contributed by atoms with E-state index in [9.17, 15) is 19.5 Å². The maximum atomic E-state index is 13.0. The number of rotatable bonds is 11. The van der Waals surface area contributed by atoms with Gasteiger partial charge in [0.1, 0.15) is 23.7 Å². The second-order valence-corrected chi connectivity index (χ2v) is 10.4. The number of carboxylic acid groups (broad SMARTS) is 1. The average molecular weight is 559 g/mol. The number of oxime groups is 1. The number of amides is 2. The summed E-state index contributed by atoms with van der Waals surface area (Å²) in [5.74, 6) is -1.68. The van der Waals surface area contributed by atoms with E-state index >= 15 is 0 Å². The van der Waals surface area contributed by atoms with Gasteiger partial charge in [0.05, 0.1) is 0 Å². The Morgan fingerprint density at radius 2 is 2.16 bits per heavy atom. The predicted molar refractivity (Wildman–Crippen MR) is 145 cm³/mol. The standard InChI is InChI=1S/C23H22N6O5S3/c1-2-9-34-27-15(18-26-23(24)37-28-18)19(30)25-16-20(31)29-17(22(32)33)14(12-36-21(16)29)11-35-10-8-13-6-4-3-5-7-13/h2-8,10,16,21H,1,9,11-12H2,(H,25,30)(H,32,33)(H2,24,26,28)/b10-8-,27-15+/t16?,21-/m1/s1. The molecule has 2 aromatic rings. The number of anilines is 1. The zero-order valence-electron chi connectivity index (χ0n) is 19.3. The summed E-state index contributed by atoms with van der Waals surface area (Å²) < 4.78 is 3.98. The second-order valence-electron chi connectivity index (χ2n) is 7.62. The van der Waals surface area contributed by atoms with Gasteiger partial charge in [-0.1, -0.05) is 48.1 Å². The number of thioether (sulfide) groups is 2. The van der Waals surface area contributed by atoms with Crippen LogP contribution in [-0.2, 0) is 19.2 Å². The predicted octanol–water partition coefficient (Wildman–Crippen LogP) is 2.17. The number of aliphatic carboxylic acids is 1. The van der Waals surface area contributed by atoms with Crippen molar-refractivity contribution >= 4 is 69.8 Å². The van der Waals surface area contributed by atoms with Crippen molar-refractivity contribution in [3.63, 3.8) is 0 Å². The lowest BCUT2D eigenvalue weighted by Crippen LogP contribution is -2.71. The summed E-state index contributed by atoms with van der Waals surface area (Å²) in [4.78, 5) is 48.2. The fraction of sp³-hybridized carbons (Fsp3) is 0.217. The Hall–Kier alpha value is -3.62. The Bertz CT molecular complexity index is 1290. The average Bonchev–Trinajstić information content (AvgIpc) is 3.33. The van der Waals surface area contributed by atoms with Crippen LogP contribution in [0, 0.1) is 0 Å². The molecule has 2 aliphatic rings. The van der Waals surface area contributed by atoms with Gasteiger partial charge >= 0.3 is 5.97 Å². The number of benzene rings is 1. The summed E-state index contributed by atoms with van der Waals surface area (Å²) in [5, 5.41) is 17.7. The Morgan fingerprint density at radius 3 is 2.84 bits per heavy atom. The van der Waals surface area contributed by atoms with E-state index in [1.807, 2.05) is 41.8 Å². The molecule has 0 aliphatic carbocycles. The number of carbonyl (C=O) groups is 3. The highest BCUT2D eigenvalue weighted by molar-refractivity contribution is 8.02. The molecule has 0 spiro atoms. The van der Waals surface area contributed by atoms with Crippen molar-refractivity contribution in [3.8, 4) is 0 Å². The summed E-state index contributed by atoms with van der Waals surface area (Å²) in [7, 11) is 0. The molecule has 1 fully saturated rings. The largest absolute Gasteiger partial charge is 0.477 e. The molecule has 37 heavy (non-hydrogen) atoms. The van der Waals surface area contributed by atoms with Crippen molar-refractivity contribution in [2.75, 3.05) is 23.8 Å². The maximum Gasteiger partial charge on any atom is 0.352 e. The Morgan fingerprint density at radius 1 is 1.38 bits per heavy atom. The van der Waals surface area contributed by atoms with Gasteiger partial charge in [-0.2, -0.15) is 9.36 Å². The molecule has 4 rings (SSSR count). The SMILES string of the molecule is C=CCO/N=C(/C(=O)NC1C(=O)N2C(C(=O)O)=C(CS/C=C\c3ccccc3)CS[C@H]12)c1nsc(N)n1. The molecule has 2 atom stereocenters. The number of β-lactam (4-membered cyclic amide) rings is 1. The minimum atomic E-state index is -1.19. The number of hydrogen-bond donors (Lipinski definition) is 3. The summed E-state index contributed by atoms with van der Waals surface area (Å²) in [6, 6.07) is 8.79. The first-order chi connectivity index (χ1) is 17.9. The molecule has 14 heteroatoms. The minimum Gasteiger partial charge on any atom is -0.477 e. The normalized spacial score (nSPS) is 19.4. The van der Waals surface area contributed by atoms with Gasteiger partial charge in [0.15, 0.2) is 5.13 Å². The highest BCUT2D eigenvalue weighted by Gasteiger charge is 2.54. The first kappa shape index (κ1) is 26.4. The summed E-state index contributed by atoms with van der Waals surface area (Å²) in [6.07, 6.45) is 3.38.